The number of allylic oxidation sites excluding steroid dienone is 2. The van der Waals surface area contributed by atoms with Crippen LogP contribution in [0.25, 0.3) is 10.8 Å². The molecule has 4 aromatic rings. The molecule has 1 aliphatic heterocycles. The number of hydrogen-bond donors (Lipinski definition) is 1. The van der Waals surface area contributed by atoms with Crippen molar-refractivity contribution in [3.05, 3.63) is 117 Å². The number of rotatable bonds is 1. The molecule has 154 valence electrons. The van der Waals surface area contributed by atoms with E-state index in [1.807, 2.05) is 42.5 Å². The zero-order chi connectivity index (χ0) is 22.0. The number of benzene rings is 4. The molecule has 32 heavy (non-hydrogen) atoms. The summed E-state index contributed by atoms with van der Waals surface area (Å²) in [6, 6.07) is 23.1. The Morgan fingerprint density at radius 2 is 1.47 bits per heavy atom. The van der Waals surface area contributed by atoms with Crippen LogP contribution >= 0.6 is 11.6 Å². The van der Waals surface area contributed by atoms with Crippen LogP contribution in [0.15, 0.2) is 90.2 Å². The maximum Gasteiger partial charge on any atom is 0.229 e. The average molecular weight is 439 g/mol. The van der Waals surface area contributed by atoms with E-state index in [1.54, 1.807) is 36.4 Å². The van der Waals surface area contributed by atoms with Crippen molar-refractivity contribution in [2.45, 2.75) is 5.92 Å². The Hall–Kier alpha value is -3.89. The SMILES string of the molecule is O=C1C2=C(C(=O)c3ccccc31)C(c1ccccc1Cl)c1c(c(O)cc3ccccc13)O2. The van der Waals surface area contributed by atoms with Crippen LogP contribution in [-0.4, -0.2) is 16.7 Å². The summed E-state index contributed by atoms with van der Waals surface area (Å²) in [5.41, 5.74) is 2.16. The van der Waals surface area contributed by atoms with Gasteiger partial charge >= 0.3 is 0 Å². The predicted molar refractivity (Wildman–Crippen MR) is 122 cm³/mol. The van der Waals surface area contributed by atoms with E-state index in [9.17, 15) is 14.7 Å². The largest absolute Gasteiger partial charge is 0.504 e. The highest BCUT2D eigenvalue weighted by Gasteiger charge is 2.44. The van der Waals surface area contributed by atoms with E-state index in [0.717, 1.165) is 10.8 Å². The zero-order valence-corrected chi connectivity index (χ0v) is 17.4. The lowest BCUT2D eigenvalue weighted by Crippen LogP contribution is -2.31. The molecule has 5 heteroatoms. The zero-order valence-electron chi connectivity index (χ0n) is 16.6. The van der Waals surface area contributed by atoms with E-state index < -0.39 is 5.92 Å². The third-order valence-corrected chi connectivity index (χ3v) is 6.47. The molecular weight excluding hydrogens is 424 g/mol. The van der Waals surface area contributed by atoms with Crippen molar-refractivity contribution in [1.82, 2.24) is 0 Å². The molecule has 4 aromatic carbocycles. The van der Waals surface area contributed by atoms with Crippen LogP contribution in [0.3, 0.4) is 0 Å². The van der Waals surface area contributed by atoms with Gasteiger partial charge in [-0.05, 0) is 28.5 Å². The van der Waals surface area contributed by atoms with Gasteiger partial charge < -0.3 is 9.84 Å². The Morgan fingerprint density at radius 3 is 2.25 bits per heavy atom. The van der Waals surface area contributed by atoms with Gasteiger partial charge in [-0.15, -0.1) is 0 Å². The van der Waals surface area contributed by atoms with Gasteiger partial charge in [-0.25, -0.2) is 0 Å². The van der Waals surface area contributed by atoms with Gasteiger partial charge in [0.1, 0.15) is 0 Å². The first-order chi connectivity index (χ1) is 15.6. The van der Waals surface area contributed by atoms with Crippen LogP contribution in [0.5, 0.6) is 11.5 Å². The maximum absolute atomic E-state index is 13.7. The van der Waals surface area contributed by atoms with E-state index >= 15 is 0 Å². The predicted octanol–water partition coefficient (Wildman–Crippen LogP) is 6.06. The summed E-state index contributed by atoms with van der Waals surface area (Å²) in [5, 5.41) is 12.9. The van der Waals surface area contributed by atoms with Gasteiger partial charge in [0, 0.05) is 27.6 Å². The first kappa shape index (κ1) is 18.8. The smallest absolute Gasteiger partial charge is 0.229 e. The number of fused-ring (bicyclic) bond motifs is 4. The first-order valence-electron chi connectivity index (χ1n) is 10.2. The molecule has 1 N–H and O–H groups in total. The van der Waals surface area contributed by atoms with Crippen LogP contribution in [0.4, 0.5) is 0 Å². The second kappa shape index (κ2) is 6.81. The third-order valence-electron chi connectivity index (χ3n) is 6.13. The fourth-order valence-electron chi connectivity index (χ4n) is 4.74. The quantitative estimate of drug-likeness (QED) is 0.392. The number of ether oxygens (including phenoxy) is 1. The highest BCUT2D eigenvalue weighted by Crippen LogP contribution is 2.53. The minimum atomic E-state index is -0.677. The highest BCUT2D eigenvalue weighted by atomic mass is 35.5. The van der Waals surface area contributed by atoms with Crippen LogP contribution < -0.4 is 4.74 Å². The molecule has 0 fully saturated rings. The molecule has 0 amide bonds. The molecule has 0 bridgehead atoms. The summed E-state index contributed by atoms with van der Waals surface area (Å²) in [4.78, 5) is 27.1. The number of carbonyl (C=O) groups is 2. The maximum atomic E-state index is 13.7. The molecule has 4 nitrogen and oxygen atoms in total. The van der Waals surface area contributed by atoms with E-state index in [-0.39, 0.29) is 40.0 Å². The van der Waals surface area contributed by atoms with Crippen molar-refractivity contribution in [2.75, 3.05) is 0 Å². The van der Waals surface area contributed by atoms with Crippen molar-refractivity contribution in [3.8, 4) is 11.5 Å². The summed E-state index contributed by atoms with van der Waals surface area (Å²) < 4.78 is 6.02. The molecular formula is C27H15ClO4. The number of Topliss-reactive ketones (excluding diaryl/α,β-unsaturated/α-hetero) is 2. The summed E-state index contributed by atoms with van der Waals surface area (Å²) >= 11 is 6.61. The number of phenols is 1. The Labute approximate surface area is 188 Å². The summed E-state index contributed by atoms with van der Waals surface area (Å²) in [5.74, 6) is -1.32. The first-order valence-corrected chi connectivity index (χ1v) is 10.5. The molecule has 2 aliphatic rings. The lowest BCUT2D eigenvalue weighted by atomic mass is 9.73. The van der Waals surface area contributed by atoms with Crippen LogP contribution in [0.2, 0.25) is 5.02 Å². The van der Waals surface area contributed by atoms with Crippen LogP contribution in [-0.2, 0) is 0 Å². The Bertz CT molecular complexity index is 1520. The molecule has 0 spiro atoms. The molecule has 1 aliphatic carbocycles. The van der Waals surface area contributed by atoms with Crippen molar-refractivity contribution in [1.29, 1.82) is 0 Å². The number of carbonyl (C=O) groups excluding carboxylic acids is 2. The van der Waals surface area contributed by atoms with Gasteiger partial charge in [-0.3, -0.25) is 9.59 Å². The number of ketones is 2. The van der Waals surface area contributed by atoms with Gasteiger partial charge in [-0.2, -0.15) is 0 Å². The summed E-state index contributed by atoms with van der Waals surface area (Å²) in [6.45, 7) is 0. The normalized spacial score (nSPS) is 17.0. The third kappa shape index (κ3) is 2.50. The molecule has 0 saturated carbocycles. The standard InChI is InChI=1S/C27H15ClO4/c28-19-12-6-5-11-18(19)21-22-15-8-2-1-7-14(15)13-20(29)26(22)32-27-23(21)24(30)16-9-3-4-10-17(16)25(27)31/h1-13,21,29H. The van der Waals surface area contributed by atoms with Crippen molar-refractivity contribution in [3.63, 3.8) is 0 Å². The van der Waals surface area contributed by atoms with Crippen molar-refractivity contribution in [2.24, 2.45) is 0 Å². The molecule has 1 heterocycles. The summed E-state index contributed by atoms with van der Waals surface area (Å²) in [7, 11) is 0. The molecule has 6 rings (SSSR count). The van der Waals surface area contributed by atoms with E-state index in [4.69, 9.17) is 16.3 Å². The second-order valence-corrected chi connectivity index (χ2v) is 8.27. The fourth-order valence-corrected chi connectivity index (χ4v) is 4.98. The average Bonchev–Trinajstić information content (AvgIpc) is 2.82. The lowest BCUT2D eigenvalue weighted by molar-refractivity contribution is 0.0926. The van der Waals surface area contributed by atoms with Gasteiger partial charge in [0.2, 0.25) is 5.78 Å². The van der Waals surface area contributed by atoms with E-state index in [2.05, 4.69) is 0 Å². The topological polar surface area (TPSA) is 63.6 Å². The number of aromatic hydroxyl groups is 1. The van der Waals surface area contributed by atoms with Gasteiger partial charge in [0.15, 0.2) is 23.0 Å². The molecule has 1 unspecified atom stereocenters. The Balaban J connectivity index is 1.74. The number of hydrogen-bond acceptors (Lipinski definition) is 4. The molecule has 0 aromatic heterocycles. The van der Waals surface area contributed by atoms with Gasteiger partial charge in [0.25, 0.3) is 0 Å². The molecule has 1 atom stereocenters. The highest BCUT2D eigenvalue weighted by molar-refractivity contribution is 6.32. The van der Waals surface area contributed by atoms with Gasteiger partial charge in [0.05, 0.1) is 5.57 Å². The van der Waals surface area contributed by atoms with E-state index in [1.165, 1.54) is 0 Å². The van der Waals surface area contributed by atoms with E-state index in [0.29, 0.717) is 21.7 Å². The number of halogens is 1. The van der Waals surface area contributed by atoms with Crippen LogP contribution in [0, 0.1) is 0 Å². The molecule has 0 saturated heterocycles. The molecule has 0 radical (unpaired) electrons. The van der Waals surface area contributed by atoms with Crippen molar-refractivity contribution >= 4 is 33.9 Å². The second-order valence-electron chi connectivity index (χ2n) is 7.86. The summed E-state index contributed by atoms with van der Waals surface area (Å²) in [6.07, 6.45) is 0. The Kier molecular flexibility index (Phi) is 4.01. The number of phenolic OH excluding ortho intramolecular Hbond substituents is 1. The van der Waals surface area contributed by atoms with Crippen molar-refractivity contribution < 1.29 is 19.4 Å². The monoisotopic (exact) mass is 438 g/mol. The van der Waals surface area contributed by atoms with Crippen LogP contribution in [0.1, 0.15) is 37.8 Å². The minimum absolute atomic E-state index is 0.0586. The van der Waals surface area contributed by atoms with Gasteiger partial charge in [-0.1, -0.05) is 78.3 Å². The fraction of sp³-hybridized carbons (Fsp3) is 0.0370. The minimum Gasteiger partial charge on any atom is -0.504 e. The lowest BCUT2D eigenvalue weighted by Gasteiger charge is -2.34. The Morgan fingerprint density at radius 1 is 0.812 bits per heavy atom.